The zero-order chi connectivity index (χ0) is 28.7. The lowest BCUT2D eigenvalue weighted by Crippen LogP contribution is -2.60. The summed E-state index contributed by atoms with van der Waals surface area (Å²) < 4.78 is 26.8. The summed E-state index contributed by atoms with van der Waals surface area (Å²) >= 11 is 12.5. The van der Waals surface area contributed by atoms with Crippen molar-refractivity contribution in [1.82, 2.24) is 9.21 Å². The zero-order valence-corrected chi connectivity index (χ0v) is 24.3. The van der Waals surface area contributed by atoms with Crippen LogP contribution in [0, 0.1) is 5.41 Å². The fourth-order valence-corrected chi connectivity index (χ4v) is 7.51. The minimum absolute atomic E-state index is 0.130. The summed E-state index contributed by atoms with van der Waals surface area (Å²) in [7, 11) is -2.63. The van der Waals surface area contributed by atoms with Crippen molar-refractivity contribution in [2.45, 2.75) is 69.2 Å². The summed E-state index contributed by atoms with van der Waals surface area (Å²) in [5, 5.41) is 10.1. The van der Waals surface area contributed by atoms with E-state index in [-0.39, 0.29) is 12.8 Å². The molecule has 1 saturated heterocycles. The number of halogens is 2. The second kappa shape index (κ2) is 11.1. The minimum Gasteiger partial charge on any atom is -0.481 e. The van der Waals surface area contributed by atoms with Crippen molar-refractivity contribution in [3.63, 3.8) is 0 Å². The molecular weight excluding hydrogens is 563 g/mol. The molecule has 2 fully saturated rings. The van der Waals surface area contributed by atoms with E-state index in [1.54, 1.807) is 56.3 Å². The summed E-state index contributed by atoms with van der Waals surface area (Å²) in [5.41, 5.74) is 0.107. The van der Waals surface area contributed by atoms with Crippen LogP contribution >= 0.6 is 23.2 Å². The third-order valence-electron chi connectivity index (χ3n) is 7.78. The maximum absolute atomic E-state index is 14.3. The van der Waals surface area contributed by atoms with Crippen LogP contribution in [-0.2, 0) is 24.4 Å². The van der Waals surface area contributed by atoms with E-state index >= 15 is 0 Å². The van der Waals surface area contributed by atoms with Gasteiger partial charge in [0.15, 0.2) is 0 Å². The Morgan fingerprint density at radius 1 is 1.10 bits per heavy atom. The molecule has 1 aliphatic heterocycles. The Morgan fingerprint density at radius 3 is 2.28 bits per heavy atom. The van der Waals surface area contributed by atoms with E-state index in [0.29, 0.717) is 28.5 Å². The molecule has 210 valence electrons. The molecule has 2 aliphatic rings. The summed E-state index contributed by atoms with van der Waals surface area (Å²) in [5.74, 6) is -2.82. The smallest absolute Gasteiger partial charge is 0.304 e. The average molecular weight is 596 g/mol. The highest BCUT2D eigenvalue weighted by molar-refractivity contribution is 7.90. The van der Waals surface area contributed by atoms with Gasteiger partial charge in [-0.3, -0.25) is 14.4 Å². The maximum atomic E-state index is 14.3. The number of amides is 2. The highest BCUT2D eigenvalue weighted by atomic mass is 35.5. The van der Waals surface area contributed by atoms with Crippen LogP contribution in [0.3, 0.4) is 0 Å². The summed E-state index contributed by atoms with van der Waals surface area (Å²) in [4.78, 5) is 41.5. The number of sulfonamides is 1. The summed E-state index contributed by atoms with van der Waals surface area (Å²) in [6.45, 7) is 3.30. The lowest BCUT2D eigenvalue weighted by Gasteiger charge is -2.51. The number of likely N-dealkylation sites (N-methyl/N-ethyl adjacent to an activating group) is 1. The van der Waals surface area contributed by atoms with Crippen molar-refractivity contribution in [2.75, 3.05) is 7.05 Å². The Kier molecular flexibility index (Phi) is 8.36. The summed E-state index contributed by atoms with van der Waals surface area (Å²) in [6, 6.07) is 12.2. The van der Waals surface area contributed by atoms with E-state index in [4.69, 9.17) is 23.2 Å². The van der Waals surface area contributed by atoms with Gasteiger partial charge in [0.2, 0.25) is 15.9 Å². The fourth-order valence-electron chi connectivity index (χ4n) is 5.64. The largest absolute Gasteiger partial charge is 0.481 e. The fraction of sp³-hybridized carbons (Fsp3) is 0.464. The molecule has 1 aliphatic carbocycles. The molecule has 0 spiro atoms. The molecule has 4 atom stereocenters. The molecular formula is C28H32Cl2N2O6S. The van der Waals surface area contributed by atoms with Gasteiger partial charge in [0.1, 0.15) is 6.04 Å². The van der Waals surface area contributed by atoms with Gasteiger partial charge in [0.05, 0.1) is 23.1 Å². The number of hydrogen-bond donors (Lipinski definition) is 1. The minimum atomic E-state index is -3.87. The van der Waals surface area contributed by atoms with Crippen LogP contribution in [0.5, 0.6) is 0 Å². The topological polar surface area (TPSA) is 112 Å². The van der Waals surface area contributed by atoms with Crippen molar-refractivity contribution in [2.24, 2.45) is 5.41 Å². The predicted octanol–water partition coefficient (Wildman–Crippen LogP) is 5.26. The third kappa shape index (κ3) is 5.81. The van der Waals surface area contributed by atoms with E-state index in [0.717, 1.165) is 9.87 Å². The highest BCUT2D eigenvalue weighted by Gasteiger charge is 2.54. The van der Waals surface area contributed by atoms with E-state index < -0.39 is 62.9 Å². The number of carboxylic acid groups (broad SMARTS) is 1. The average Bonchev–Trinajstić information content (AvgIpc) is 3.73. The van der Waals surface area contributed by atoms with Gasteiger partial charge in [-0.1, -0.05) is 61.3 Å². The first-order valence-electron chi connectivity index (χ1n) is 12.9. The molecule has 2 aromatic rings. The highest BCUT2D eigenvalue weighted by Crippen LogP contribution is 2.52. The van der Waals surface area contributed by atoms with Gasteiger partial charge in [0.25, 0.3) is 5.91 Å². The van der Waals surface area contributed by atoms with Gasteiger partial charge in [0, 0.05) is 23.0 Å². The van der Waals surface area contributed by atoms with Gasteiger partial charge in [-0.05, 0) is 61.1 Å². The van der Waals surface area contributed by atoms with Crippen LogP contribution < -0.4 is 0 Å². The van der Waals surface area contributed by atoms with Gasteiger partial charge in [-0.2, -0.15) is 0 Å². The number of carbonyl (C=O) groups is 3. The number of benzene rings is 2. The number of aliphatic carboxylic acids is 1. The lowest BCUT2D eigenvalue weighted by molar-refractivity contribution is -0.163. The summed E-state index contributed by atoms with van der Waals surface area (Å²) in [6.07, 6.45) is 0.835. The van der Waals surface area contributed by atoms with Crippen molar-refractivity contribution in [3.05, 3.63) is 69.7 Å². The maximum Gasteiger partial charge on any atom is 0.304 e. The number of rotatable bonds is 9. The molecule has 2 unspecified atom stereocenters. The first-order valence-corrected chi connectivity index (χ1v) is 15.1. The van der Waals surface area contributed by atoms with Crippen LogP contribution in [0.4, 0.5) is 0 Å². The van der Waals surface area contributed by atoms with Crippen LogP contribution in [0.2, 0.25) is 10.0 Å². The quantitative estimate of drug-likeness (QED) is 0.423. The van der Waals surface area contributed by atoms with Crippen LogP contribution in [0.1, 0.15) is 69.0 Å². The molecule has 4 rings (SSSR count). The molecule has 8 nitrogen and oxygen atoms in total. The van der Waals surface area contributed by atoms with E-state index in [1.807, 2.05) is 6.07 Å². The molecule has 1 saturated carbocycles. The number of carbonyl (C=O) groups excluding carboxylic acids is 2. The van der Waals surface area contributed by atoms with E-state index in [9.17, 15) is 27.9 Å². The zero-order valence-electron chi connectivity index (χ0n) is 22.0. The second-order valence-corrected chi connectivity index (χ2v) is 13.8. The number of likely N-dealkylation sites (tertiary alicyclic amines) is 1. The molecule has 2 amide bonds. The predicted molar refractivity (Wildman–Crippen MR) is 149 cm³/mol. The first-order chi connectivity index (χ1) is 18.3. The Balaban J connectivity index is 1.91. The van der Waals surface area contributed by atoms with Crippen molar-refractivity contribution in [1.29, 1.82) is 0 Å². The SMILES string of the molecule is CCC(C(=O)N(C)S(=O)(=O)C1CC1)N1C(=O)[C@@](C)(CC(=O)O)CC(c2cccc(Cl)c2)[C@H]1c1ccc(Cl)cc1. The molecule has 1 heterocycles. The van der Waals surface area contributed by atoms with Crippen molar-refractivity contribution < 1.29 is 27.9 Å². The van der Waals surface area contributed by atoms with E-state index in [1.165, 1.54) is 11.9 Å². The normalized spacial score (nSPS) is 24.3. The van der Waals surface area contributed by atoms with Crippen LogP contribution in [0.25, 0.3) is 0 Å². The standard InChI is InChI=1S/C28H32Cl2N2O6S/c1-4-23(26(35)31(3)39(37,38)21-12-13-21)32-25(17-8-10-19(29)11-9-17)22(18-6-5-7-20(30)14-18)15-28(2,27(32)36)16-24(33)34/h5-11,14,21-23,25H,4,12-13,15-16H2,1-3H3,(H,33,34)/t22?,23?,25-,28-/m1/s1. The van der Waals surface area contributed by atoms with Crippen LogP contribution in [0.15, 0.2) is 48.5 Å². The Labute approximate surface area is 238 Å². The molecule has 1 N–H and O–H groups in total. The number of nitrogens with zero attached hydrogens (tertiary/aromatic N) is 2. The van der Waals surface area contributed by atoms with Crippen molar-refractivity contribution in [3.8, 4) is 0 Å². The van der Waals surface area contributed by atoms with E-state index in [2.05, 4.69) is 0 Å². The molecule has 2 aromatic carbocycles. The lowest BCUT2D eigenvalue weighted by atomic mass is 9.67. The molecule has 0 aromatic heterocycles. The molecule has 0 radical (unpaired) electrons. The Bertz CT molecular complexity index is 1380. The molecule has 39 heavy (non-hydrogen) atoms. The molecule has 11 heteroatoms. The second-order valence-electron chi connectivity index (χ2n) is 10.7. The number of hydrogen-bond acceptors (Lipinski definition) is 5. The Morgan fingerprint density at radius 2 is 1.74 bits per heavy atom. The third-order valence-corrected chi connectivity index (χ3v) is 10.5. The van der Waals surface area contributed by atoms with Crippen LogP contribution in [-0.4, -0.2) is 58.9 Å². The van der Waals surface area contributed by atoms with Crippen molar-refractivity contribution >= 4 is 51.0 Å². The molecule has 0 bridgehead atoms. The van der Waals surface area contributed by atoms with Gasteiger partial charge in [-0.15, -0.1) is 0 Å². The number of piperidine rings is 1. The number of carboxylic acids is 1. The van der Waals surface area contributed by atoms with Gasteiger partial charge >= 0.3 is 5.97 Å². The Hall–Kier alpha value is -2.62. The van der Waals surface area contributed by atoms with Gasteiger partial charge < -0.3 is 10.0 Å². The monoisotopic (exact) mass is 594 g/mol. The van der Waals surface area contributed by atoms with Gasteiger partial charge in [-0.25, -0.2) is 12.7 Å². The first kappa shape index (κ1) is 29.4.